The average Bonchev–Trinajstić information content (AvgIpc) is 2.13. The fraction of sp³-hybridized carbons (Fsp3) is 1.00. The minimum atomic E-state index is -2.78. The summed E-state index contributed by atoms with van der Waals surface area (Å²) >= 11 is 3.54. The van der Waals surface area contributed by atoms with E-state index in [1.165, 1.54) is 0 Å². The van der Waals surface area contributed by atoms with Crippen LogP contribution in [0.2, 0.25) is 0 Å². The number of halogens is 1. The van der Waals surface area contributed by atoms with Crippen LogP contribution in [0.15, 0.2) is 0 Å². The molecule has 13 heavy (non-hydrogen) atoms. The molecular formula is C9H19BrO2S. The predicted molar refractivity (Wildman–Crippen MR) is 61.1 cm³/mol. The van der Waals surface area contributed by atoms with Crippen molar-refractivity contribution in [3.05, 3.63) is 0 Å². The summed E-state index contributed by atoms with van der Waals surface area (Å²) in [5.41, 5.74) is 0. The topological polar surface area (TPSA) is 34.1 Å². The quantitative estimate of drug-likeness (QED) is 0.696. The number of hydrogen-bond acceptors (Lipinski definition) is 2. The fourth-order valence-electron chi connectivity index (χ4n) is 1.09. The van der Waals surface area contributed by atoms with Crippen molar-refractivity contribution in [3.8, 4) is 0 Å². The first-order chi connectivity index (χ1) is 5.93. The van der Waals surface area contributed by atoms with Crippen LogP contribution in [-0.4, -0.2) is 24.8 Å². The van der Waals surface area contributed by atoms with E-state index in [4.69, 9.17) is 0 Å². The van der Waals surface area contributed by atoms with Crippen molar-refractivity contribution in [2.45, 2.75) is 38.4 Å². The van der Waals surface area contributed by atoms with Crippen LogP contribution in [0.1, 0.15) is 33.6 Å². The van der Waals surface area contributed by atoms with E-state index in [-0.39, 0.29) is 5.75 Å². The number of alkyl halides is 1. The molecular weight excluding hydrogens is 252 g/mol. The van der Waals surface area contributed by atoms with E-state index in [1.807, 2.05) is 0 Å². The molecule has 2 unspecified atom stereocenters. The zero-order valence-corrected chi connectivity index (χ0v) is 11.0. The van der Waals surface area contributed by atoms with Crippen LogP contribution in [0.4, 0.5) is 0 Å². The van der Waals surface area contributed by atoms with Gasteiger partial charge >= 0.3 is 0 Å². The van der Waals surface area contributed by atoms with E-state index >= 15 is 0 Å². The first kappa shape index (κ1) is 13.4. The summed E-state index contributed by atoms with van der Waals surface area (Å²) in [6.45, 7) is 5.89. The molecule has 0 spiro atoms. The Hall–Kier alpha value is 0.430. The van der Waals surface area contributed by atoms with Gasteiger partial charge in [-0.05, 0) is 18.8 Å². The highest BCUT2D eigenvalue weighted by atomic mass is 79.9. The lowest BCUT2D eigenvalue weighted by Crippen LogP contribution is -2.16. The maximum Gasteiger partial charge on any atom is 0.150 e. The summed E-state index contributed by atoms with van der Waals surface area (Å²) in [7, 11) is -2.78. The second kappa shape index (κ2) is 6.02. The molecule has 0 amide bonds. The van der Waals surface area contributed by atoms with Crippen molar-refractivity contribution < 1.29 is 8.42 Å². The Kier molecular flexibility index (Phi) is 6.21. The highest BCUT2D eigenvalue weighted by Gasteiger charge is 2.15. The van der Waals surface area contributed by atoms with Crippen LogP contribution in [0.5, 0.6) is 0 Å². The van der Waals surface area contributed by atoms with E-state index < -0.39 is 9.84 Å². The fourth-order valence-corrected chi connectivity index (χ4v) is 2.38. The molecule has 0 heterocycles. The van der Waals surface area contributed by atoms with Crippen molar-refractivity contribution in [2.24, 2.45) is 5.92 Å². The molecule has 0 N–H and O–H groups in total. The summed E-state index contributed by atoms with van der Waals surface area (Å²) in [6.07, 6.45) is 1.81. The van der Waals surface area contributed by atoms with Crippen LogP contribution >= 0.6 is 15.9 Å². The number of hydrogen-bond donors (Lipinski definition) is 0. The van der Waals surface area contributed by atoms with Gasteiger partial charge < -0.3 is 0 Å². The van der Waals surface area contributed by atoms with Crippen molar-refractivity contribution >= 4 is 25.8 Å². The van der Waals surface area contributed by atoms with Gasteiger partial charge in [0.2, 0.25) is 0 Å². The zero-order chi connectivity index (χ0) is 10.5. The van der Waals surface area contributed by atoms with Gasteiger partial charge in [-0.25, -0.2) is 8.42 Å². The summed E-state index contributed by atoms with van der Waals surface area (Å²) in [5.74, 6) is 1.03. The van der Waals surface area contributed by atoms with E-state index in [9.17, 15) is 8.42 Å². The molecule has 0 saturated carbocycles. The van der Waals surface area contributed by atoms with Gasteiger partial charge in [0.1, 0.15) is 9.84 Å². The molecule has 0 aromatic carbocycles. The molecule has 2 atom stereocenters. The Morgan fingerprint density at radius 3 is 2.23 bits per heavy atom. The molecule has 0 fully saturated rings. The van der Waals surface area contributed by atoms with Crippen molar-refractivity contribution in [1.29, 1.82) is 0 Å². The van der Waals surface area contributed by atoms with Gasteiger partial charge in [0, 0.05) is 10.6 Å². The van der Waals surface area contributed by atoms with Crippen LogP contribution in [-0.2, 0) is 9.84 Å². The van der Waals surface area contributed by atoms with Gasteiger partial charge in [-0.15, -0.1) is 0 Å². The van der Waals surface area contributed by atoms with E-state index in [1.54, 1.807) is 6.92 Å². The summed E-state index contributed by atoms with van der Waals surface area (Å²) in [6, 6.07) is 0. The average molecular weight is 271 g/mol. The molecule has 0 saturated heterocycles. The van der Waals surface area contributed by atoms with Crippen molar-refractivity contribution in [2.75, 3.05) is 11.5 Å². The van der Waals surface area contributed by atoms with E-state index in [2.05, 4.69) is 29.8 Å². The summed E-state index contributed by atoms with van der Waals surface area (Å²) in [4.78, 5) is 0.444. The third kappa shape index (κ3) is 5.68. The molecule has 0 aromatic rings. The van der Waals surface area contributed by atoms with E-state index in [0.29, 0.717) is 16.5 Å². The van der Waals surface area contributed by atoms with Gasteiger partial charge in [0.25, 0.3) is 0 Å². The van der Waals surface area contributed by atoms with Crippen LogP contribution in [0, 0.1) is 5.92 Å². The Labute approximate surface area is 90.2 Å². The van der Waals surface area contributed by atoms with Gasteiger partial charge in [-0.2, -0.15) is 0 Å². The first-order valence-electron chi connectivity index (χ1n) is 4.77. The van der Waals surface area contributed by atoms with Crippen LogP contribution in [0.3, 0.4) is 0 Å². The monoisotopic (exact) mass is 270 g/mol. The third-order valence-electron chi connectivity index (χ3n) is 2.33. The second-order valence-corrected chi connectivity index (χ2v) is 7.08. The number of rotatable bonds is 6. The van der Waals surface area contributed by atoms with Gasteiger partial charge in [-0.1, -0.05) is 36.7 Å². The Balaban J connectivity index is 3.90. The molecule has 0 rings (SSSR count). The minimum Gasteiger partial charge on any atom is -0.229 e. The lowest BCUT2D eigenvalue weighted by Gasteiger charge is -2.15. The molecule has 0 aliphatic carbocycles. The zero-order valence-electron chi connectivity index (χ0n) is 8.59. The smallest absolute Gasteiger partial charge is 0.150 e. The molecule has 0 bridgehead atoms. The lowest BCUT2D eigenvalue weighted by molar-refractivity contribution is 0.522. The lowest BCUT2D eigenvalue weighted by atomic mass is 10.0. The van der Waals surface area contributed by atoms with Crippen molar-refractivity contribution in [1.82, 2.24) is 0 Å². The normalized spacial score (nSPS) is 16.9. The SMILES string of the molecule is CCC(Br)C(C)CCS(=O)(=O)CC. The first-order valence-corrected chi connectivity index (χ1v) is 7.51. The minimum absolute atomic E-state index is 0.263. The molecule has 0 aliphatic rings. The summed E-state index contributed by atoms with van der Waals surface area (Å²) in [5, 5.41) is 0. The standard InChI is InChI=1S/C9H19BrO2S/c1-4-9(10)8(3)6-7-13(11,12)5-2/h8-9H,4-7H2,1-3H3. The highest BCUT2D eigenvalue weighted by molar-refractivity contribution is 9.09. The Bertz CT molecular complexity index is 224. The van der Waals surface area contributed by atoms with Gasteiger partial charge in [-0.3, -0.25) is 0 Å². The summed E-state index contributed by atoms with van der Waals surface area (Å²) < 4.78 is 22.4. The van der Waals surface area contributed by atoms with Gasteiger partial charge in [0.15, 0.2) is 0 Å². The molecule has 0 aromatic heterocycles. The molecule has 4 heteroatoms. The highest BCUT2D eigenvalue weighted by Crippen LogP contribution is 2.19. The molecule has 2 nitrogen and oxygen atoms in total. The van der Waals surface area contributed by atoms with Crippen LogP contribution in [0.25, 0.3) is 0 Å². The maximum atomic E-state index is 11.2. The maximum absolute atomic E-state index is 11.2. The molecule has 80 valence electrons. The Morgan fingerprint density at radius 1 is 1.31 bits per heavy atom. The third-order valence-corrected chi connectivity index (χ3v) is 5.62. The Morgan fingerprint density at radius 2 is 1.85 bits per heavy atom. The van der Waals surface area contributed by atoms with Crippen molar-refractivity contribution in [3.63, 3.8) is 0 Å². The van der Waals surface area contributed by atoms with Gasteiger partial charge in [0.05, 0.1) is 5.75 Å². The van der Waals surface area contributed by atoms with E-state index in [0.717, 1.165) is 12.8 Å². The number of sulfone groups is 1. The molecule has 0 aliphatic heterocycles. The molecule has 0 radical (unpaired) electrons. The second-order valence-electron chi connectivity index (χ2n) is 3.43. The predicted octanol–water partition coefficient (Wildman–Crippen LogP) is 2.62. The largest absolute Gasteiger partial charge is 0.229 e. The van der Waals surface area contributed by atoms with Crippen LogP contribution < -0.4 is 0 Å².